The van der Waals surface area contributed by atoms with Gasteiger partial charge in [0.25, 0.3) is 11.5 Å². The van der Waals surface area contributed by atoms with Crippen molar-refractivity contribution in [2.75, 3.05) is 11.1 Å². The molecule has 10 nitrogen and oxygen atoms in total. The fourth-order valence-electron chi connectivity index (χ4n) is 4.74. The van der Waals surface area contributed by atoms with Crippen molar-refractivity contribution in [1.82, 2.24) is 29.3 Å². The van der Waals surface area contributed by atoms with Crippen LogP contribution in [0.4, 0.5) is 11.5 Å². The van der Waals surface area contributed by atoms with Crippen LogP contribution in [0.2, 0.25) is 0 Å². The number of benzene rings is 3. The number of imidazole rings is 1. The lowest BCUT2D eigenvalue weighted by atomic mass is 10.1. The summed E-state index contributed by atoms with van der Waals surface area (Å²) in [5.74, 6) is -0.195. The van der Waals surface area contributed by atoms with Gasteiger partial charge in [0.2, 0.25) is 0 Å². The normalized spacial score (nSPS) is 11.0. The number of hydrogen-bond donors (Lipinski definition) is 3. The molecule has 3 heterocycles. The van der Waals surface area contributed by atoms with E-state index in [0.29, 0.717) is 28.5 Å². The summed E-state index contributed by atoms with van der Waals surface area (Å²) in [5, 5.41) is 2.84. The minimum absolute atomic E-state index is 0.0836. The summed E-state index contributed by atoms with van der Waals surface area (Å²) in [5.41, 5.74) is 12.3. The number of nitrogens with one attached hydrogen (secondary N) is 2. The fraction of sp³-hybridized carbons (Fsp3) is 0.0645. The van der Waals surface area contributed by atoms with Gasteiger partial charge in [0, 0.05) is 35.6 Å². The number of aromatic amines is 1. The lowest BCUT2D eigenvalue weighted by Crippen LogP contribution is -2.25. The van der Waals surface area contributed by atoms with Crippen LogP contribution in [0.1, 0.15) is 16.1 Å². The molecule has 0 aliphatic heterocycles. The highest BCUT2D eigenvalue weighted by Gasteiger charge is 2.22. The lowest BCUT2D eigenvalue weighted by molar-refractivity contribution is 0.102. The van der Waals surface area contributed by atoms with Gasteiger partial charge in [-0.3, -0.25) is 14.3 Å². The quantitative estimate of drug-likeness (QED) is 0.276. The van der Waals surface area contributed by atoms with Crippen molar-refractivity contribution in [1.29, 1.82) is 0 Å². The molecule has 6 aromatic rings. The Balaban J connectivity index is 1.25. The molecule has 6 rings (SSSR count). The molecule has 0 atom stereocenters. The number of H-pyrrole nitrogens is 1. The highest BCUT2D eigenvalue weighted by atomic mass is 16.2. The molecule has 1 amide bonds. The molecule has 0 bridgehead atoms. The van der Waals surface area contributed by atoms with Crippen LogP contribution >= 0.6 is 0 Å². The van der Waals surface area contributed by atoms with Crippen LogP contribution < -0.4 is 16.6 Å². The zero-order valence-electron chi connectivity index (χ0n) is 22.4. The molecular weight excluding hydrogens is 516 g/mol. The Hall–Kier alpha value is -5.77. The second kappa shape index (κ2) is 10.4. The van der Waals surface area contributed by atoms with Gasteiger partial charge in [-0.05, 0) is 37.3 Å². The molecule has 3 aromatic heterocycles. The third-order valence-electron chi connectivity index (χ3n) is 6.95. The first kappa shape index (κ1) is 25.5. The van der Waals surface area contributed by atoms with Gasteiger partial charge in [-0.2, -0.15) is 0 Å². The van der Waals surface area contributed by atoms with Gasteiger partial charge in [-0.15, -0.1) is 0 Å². The predicted molar refractivity (Wildman–Crippen MR) is 159 cm³/mol. The summed E-state index contributed by atoms with van der Waals surface area (Å²) in [6.07, 6.45) is 5.11. The van der Waals surface area contributed by atoms with E-state index in [0.717, 1.165) is 22.4 Å². The maximum atomic E-state index is 13.2. The topological polar surface area (TPSA) is 137 Å². The number of rotatable bonds is 6. The van der Waals surface area contributed by atoms with Gasteiger partial charge in [0.05, 0.1) is 35.3 Å². The van der Waals surface area contributed by atoms with Crippen LogP contribution in [0.25, 0.3) is 39.5 Å². The third kappa shape index (κ3) is 4.78. The van der Waals surface area contributed by atoms with Gasteiger partial charge >= 0.3 is 0 Å². The zero-order valence-corrected chi connectivity index (χ0v) is 22.4. The summed E-state index contributed by atoms with van der Waals surface area (Å²) >= 11 is 0. The molecule has 4 N–H and O–H groups in total. The van der Waals surface area contributed by atoms with Crippen LogP contribution in [0.5, 0.6) is 0 Å². The van der Waals surface area contributed by atoms with E-state index in [1.165, 1.54) is 4.68 Å². The van der Waals surface area contributed by atoms with E-state index in [1.54, 1.807) is 55.4 Å². The molecule has 3 aromatic carbocycles. The molecular formula is C31H26N8O2. The van der Waals surface area contributed by atoms with E-state index in [9.17, 15) is 9.59 Å². The maximum Gasteiger partial charge on any atom is 0.284 e. The Labute approximate surface area is 235 Å². The number of aromatic nitrogens is 6. The minimum atomic E-state index is -0.483. The molecule has 0 radical (unpaired) electrons. The maximum absolute atomic E-state index is 13.2. The number of carbonyl (C=O) groups excluding carboxylic acids is 1. The summed E-state index contributed by atoms with van der Waals surface area (Å²) < 4.78 is 3.15. The lowest BCUT2D eigenvalue weighted by Gasteiger charge is -2.10. The van der Waals surface area contributed by atoms with Gasteiger partial charge in [-0.1, -0.05) is 48.5 Å². The number of anilines is 2. The Morgan fingerprint density at radius 1 is 0.902 bits per heavy atom. The second-order valence-electron chi connectivity index (χ2n) is 9.49. The number of nitrogen functional groups attached to an aromatic ring is 1. The second-order valence-corrected chi connectivity index (χ2v) is 9.49. The Morgan fingerprint density at radius 3 is 2.34 bits per heavy atom. The van der Waals surface area contributed by atoms with Gasteiger partial charge in [0.15, 0.2) is 0 Å². The fourth-order valence-corrected chi connectivity index (χ4v) is 4.74. The summed E-state index contributed by atoms with van der Waals surface area (Å²) in [4.78, 5) is 42.8. The molecule has 0 fully saturated rings. The monoisotopic (exact) mass is 542 g/mol. The molecule has 0 aliphatic rings. The number of para-hydroxylation sites is 1. The molecule has 10 heteroatoms. The first-order chi connectivity index (χ1) is 19.9. The van der Waals surface area contributed by atoms with Crippen LogP contribution in [-0.4, -0.2) is 35.2 Å². The van der Waals surface area contributed by atoms with Gasteiger partial charge in [-0.25, -0.2) is 19.6 Å². The highest BCUT2D eigenvalue weighted by Crippen LogP contribution is 2.29. The standard InChI is InChI=1S/C31H26N8O2/c1-19-27(31(41)39(38(19)2)24-9-4-3-5-10-24)30(40)36-23-13-11-20(12-14-23)28-29(32)34-17-26(37-28)22-8-6-7-21(15-22)25-16-33-18-35-25/h3-18H,1-2H3,(H2,32,34)(H,33,35)(H,36,40). The SMILES string of the molecule is Cc1c(C(=O)Nc2ccc(-c3nc(-c4cccc(-c5c[nH]cn5)c4)cnc3N)cc2)c(=O)n(-c2ccccc2)n1C. The molecule has 0 aliphatic carbocycles. The minimum Gasteiger partial charge on any atom is -0.382 e. The molecule has 202 valence electrons. The average Bonchev–Trinajstić information content (AvgIpc) is 3.61. The van der Waals surface area contributed by atoms with Crippen molar-refractivity contribution >= 4 is 17.4 Å². The number of nitrogens with two attached hydrogens (primary N) is 1. The smallest absolute Gasteiger partial charge is 0.284 e. The molecule has 0 saturated carbocycles. The molecule has 0 saturated heterocycles. The predicted octanol–water partition coefficient (Wildman–Crippen LogP) is 4.83. The average molecular weight is 543 g/mol. The number of nitrogens with zero attached hydrogens (tertiary/aromatic N) is 5. The Bertz CT molecular complexity index is 1920. The Kier molecular flexibility index (Phi) is 6.48. The first-order valence-electron chi connectivity index (χ1n) is 12.9. The van der Waals surface area contributed by atoms with Crippen molar-refractivity contribution < 1.29 is 4.79 Å². The van der Waals surface area contributed by atoms with Gasteiger partial charge < -0.3 is 16.0 Å². The van der Waals surface area contributed by atoms with Crippen molar-refractivity contribution in [2.24, 2.45) is 7.05 Å². The van der Waals surface area contributed by atoms with Crippen LogP contribution in [0.3, 0.4) is 0 Å². The Morgan fingerprint density at radius 2 is 1.63 bits per heavy atom. The van der Waals surface area contributed by atoms with Gasteiger partial charge in [0.1, 0.15) is 17.1 Å². The van der Waals surface area contributed by atoms with Crippen LogP contribution in [0.15, 0.2) is 102 Å². The van der Waals surface area contributed by atoms with E-state index >= 15 is 0 Å². The van der Waals surface area contributed by atoms with Crippen molar-refractivity contribution in [3.8, 4) is 39.5 Å². The van der Waals surface area contributed by atoms with E-state index < -0.39 is 5.91 Å². The largest absolute Gasteiger partial charge is 0.382 e. The summed E-state index contributed by atoms with van der Waals surface area (Å²) in [7, 11) is 1.75. The number of carbonyl (C=O) groups is 1. The number of amides is 1. The first-order valence-corrected chi connectivity index (χ1v) is 12.9. The zero-order chi connectivity index (χ0) is 28.5. The van der Waals surface area contributed by atoms with E-state index in [4.69, 9.17) is 10.7 Å². The van der Waals surface area contributed by atoms with Crippen molar-refractivity contribution in [3.05, 3.63) is 119 Å². The van der Waals surface area contributed by atoms with Crippen molar-refractivity contribution in [3.63, 3.8) is 0 Å². The van der Waals surface area contributed by atoms with E-state index in [1.807, 2.05) is 60.8 Å². The van der Waals surface area contributed by atoms with Crippen molar-refractivity contribution in [2.45, 2.75) is 6.92 Å². The van der Waals surface area contributed by atoms with Crippen LogP contribution in [0, 0.1) is 6.92 Å². The molecule has 41 heavy (non-hydrogen) atoms. The van der Waals surface area contributed by atoms with Crippen LogP contribution in [-0.2, 0) is 7.05 Å². The third-order valence-corrected chi connectivity index (χ3v) is 6.95. The van der Waals surface area contributed by atoms with E-state index in [2.05, 4.69) is 20.3 Å². The summed E-state index contributed by atoms with van der Waals surface area (Å²) in [6.45, 7) is 1.75. The molecule has 0 spiro atoms. The highest BCUT2D eigenvalue weighted by molar-refractivity contribution is 6.05. The molecule has 0 unspecified atom stereocenters. The summed E-state index contributed by atoms with van der Waals surface area (Å²) in [6, 6.07) is 24.2. The number of hydrogen-bond acceptors (Lipinski definition) is 6. The van der Waals surface area contributed by atoms with E-state index in [-0.39, 0.29) is 16.9 Å².